The molecule has 1 rings (SSSR count). The molecule has 0 aromatic carbocycles. The standard InChI is InChI=1S/C7H12S/c1-6(2)7-4-3-5-8-7/h4,6H,3,5H2,1-2H3. The van der Waals surface area contributed by atoms with Crippen LogP contribution in [0.15, 0.2) is 11.0 Å². The Bertz CT molecular complexity index is 103. The van der Waals surface area contributed by atoms with E-state index in [1.54, 1.807) is 4.91 Å². The molecule has 1 aliphatic rings. The van der Waals surface area contributed by atoms with Gasteiger partial charge in [-0.05, 0) is 17.2 Å². The number of thioether (sulfide) groups is 1. The van der Waals surface area contributed by atoms with Crippen molar-refractivity contribution in [3.05, 3.63) is 11.0 Å². The van der Waals surface area contributed by atoms with E-state index in [1.807, 2.05) is 11.8 Å². The van der Waals surface area contributed by atoms with Crippen LogP contribution in [-0.4, -0.2) is 5.75 Å². The van der Waals surface area contributed by atoms with Gasteiger partial charge in [0.15, 0.2) is 0 Å². The van der Waals surface area contributed by atoms with E-state index in [0.29, 0.717) is 0 Å². The summed E-state index contributed by atoms with van der Waals surface area (Å²) < 4.78 is 0. The molecular formula is C7H12S. The Morgan fingerprint density at radius 3 is 2.62 bits per heavy atom. The van der Waals surface area contributed by atoms with Gasteiger partial charge in [0.05, 0.1) is 0 Å². The summed E-state index contributed by atoms with van der Waals surface area (Å²) in [5.41, 5.74) is 0. The molecule has 0 aliphatic carbocycles. The third-order valence-corrected chi connectivity index (χ3v) is 2.71. The molecule has 0 saturated carbocycles. The van der Waals surface area contributed by atoms with Gasteiger partial charge in [0.25, 0.3) is 0 Å². The first kappa shape index (κ1) is 6.21. The summed E-state index contributed by atoms with van der Waals surface area (Å²) in [6, 6.07) is 0. The highest BCUT2D eigenvalue weighted by Gasteiger charge is 2.07. The molecule has 0 unspecified atom stereocenters. The van der Waals surface area contributed by atoms with Crippen LogP contribution in [0.2, 0.25) is 0 Å². The number of allylic oxidation sites excluding steroid dienone is 2. The molecule has 8 heavy (non-hydrogen) atoms. The van der Waals surface area contributed by atoms with E-state index in [2.05, 4.69) is 19.9 Å². The Balaban J connectivity index is 2.45. The monoisotopic (exact) mass is 128 g/mol. The first-order valence-electron chi connectivity index (χ1n) is 3.13. The number of rotatable bonds is 1. The molecule has 0 aromatic rings. The van der Waals surface area contributed by atoms with Crippen LogP contribution < -0.4 is 0 Å². The molecular weight excluding hydrogens is 116 g/mol. The van der Waals surface area contributed by atoms with Crippen LogP contribution in [0, 0.1) is 5.92 Å². The third-order valence-electron chi connectivity index (χ3n) is 1.30. The van der Waals surface area contributed by atoms with Gasteiger partial charge in [0.1, 0.15) is 0 Å². The van der Waals surface area contributed by atoms with E-state index in [1.165, 1.54) is 12.2 Å². The Hall–Kier alpha value is 0.0900. The van der Waals surface area contributed by atoms with Gasteiger partial charge in [-0.2, -0.15) is 0 Å². The molecule has 0 radical (unpaired) electrons. The summed E-state index contributed by atoms with van der Waals surface area (Å²) in [4.78, 5) is 1.59. The molecule has 0 N–H and O–H groups in total. The van der Waals surface area contributed by atoms with E-state index in [0.717, 1.165) is 5.92 Å². The van der Waals surface area contributed by atoms with E-state index in [-0.39, 0.29) is 0 Å². The van der Waals surface area contributed by atoms with Gasteiger partial charge in [-0.25, -0.2) is 0 Å². The van der Waals surface area contributed by atoms with Crippen LogP contribution in [0.5, 0.6) is 0 Å². The van der Waals surface area contributed by atoms with Gasteiger partial charge in [-0.1, -0.05) is 19.9 Å². The highest BCUT2D eigenvalue weighted by Crippen LogP contribution is 2.30. The van der Waals surface area contributed by atoms with Gasteiger partial charge >= 0.3 is 0 Å². The number of hydrogen-bond donors (Lipinski definition) is 0. The molecule has 0 saturated heterocycles. The van der Waals surface area contributed by atoms with Crippen LogP contribution in [0.3, 0.4) is 0 Å². The Labute approximate surface area is 55.4 Å². The summed E-state index contributed by atoms with van der Waals surface area (Å²) in [6.07, 6.45) is 3.65. The Morgan fingerprint density at radius 2 is 2.38 bits per heavy atom. The fourth-order valence-corrected chi connectivity index (χ4v) is 1.88. The first-order chi connectivity index (χ1) is 3.80. The molecule has 0 atom stereocenters. The summed E-state index contributed by atoms with van der Waals surface area (Å²) in [5, 5.41) is 0. The molecule has 46 valence electrons. The highest BCUT2D eigenvalue weighted by molar-refractivity contribution is 8.03. The quantitative estimate of drug-likeness (QED) is 0.523. The maximum atomic E-state index is 2.36. The van der Waals surface area contributed by atoms with Gasteiger partial charge < -0.3 is 0 Å². The predicted octanol–water partition coefficient (Wildman–Crippen LogP) is 2.66. The van der Waals surface area contributed by atoms with Crippen molar-refractivity contribution >= 4 is 11.8 Å². The lowest BCUT2D eigenvalue weighted by Crippen LogP contribution is -1.84. The predicted molar refractivity (Wildman–Crippen MR) is 40.0 cm³/mol. The maximum Gasteiger partial charge on any atom is 0.00118 e. The minimum absolute atomic E-state index is 0.766. The summed E-state index contributed by atoms with van der Waals surface area (Å²) >= 11 is 2.01. The van der Waals surface area contributed by atoms with Crippen molar-refractivity contribution in [3.8, 4) is 0 Å². The second kappa shape index (κ2) is 2.58. The fourth-order valence-electron chi connectivity index (χ4n) is 0.839. The second-order valence-corrected chi connectivity index (χ2v) is 3.57. The smallest absolute Gasteiger partial charge is 0.00118 e. The molecule has 1 heteroatoms. The van der Waals surface area contributed by atoms with Crippen molar-refractivity contribution in [1.29, 1.82) is 0 Å². The molecule has 0 amide bonds. The maximum absolute atomic E-state index is 2.36. The molecule has 0 fully saturated rings. The van der Waals surface area contributed by atoms with Crippen LogP contribution in [0.4, 0.5) is 0 Å². The van der Waals surface area contributed by atoms with Crippen molar-refractivity contribution in [2.75, 3.05) is 5.75 Å². The van der Waals surface area contributed by atoms with Crippen molar-refractivity contribution < 1.29 is 0 Å². The van der Waals surface area contributed by atoms with Crippen LogP contribution >= 0.6 is 11.8 Å². The summed E-state index contributed by atoms with van der Waals surface area (Å²) in [7, 11) is 0. The van der Waals surface area contributed by atoms with E-state index in [4.69, 9.17) is 0 Å². The minimum Gasteiger partial charge on any atom is -0.130 e. The highest BCUT2D eigenvalue weighted by atomic mass is 32.2. The molecule has 0 bridgehead atoms. The van der Waals surface area contributed by atoms with Gasteiger partial charge in [-0.15, -0.1) is 11.8 Å². The SMILES string of the molecule is CC(C)C1=CCCS1. The molecule has 0 nitrogen and oxygen atoms in total. The largest absolute Gasteiger partial charge is 0.130 e. The van der Waals surface area contributed by atoms with Crippen molar-refractivity contribution in [1.82, 2.24) is 0 Å². The summed E-state index contributed by atoms with van der Waals surface area (Å²) in [5.74, 6) is 2.08. The minimum atomic E-state index is 0.766. The van der Waals surface area contributed by atoms with Crippen molar-refractivity contribution in [2.24, 2.45) is 5.92 Å². The topological polar surface area (TPSA) is 0 Å². The second-order valence-electron chi connectivity index (χ2n) is 2.40. The normalized spacial score (nSPS) is 19.6. The zero-order chi connectivity index (χ0) is 5.98. The van der Waals surface area contributed by atoms with Crippen molar-refractivity contribution in [3.63, 3.8) is 0 Å². The Kier molecular flexibility index (Phi) is 2.01. The lowest BCUT2D eigenvalue weighted by atomic mass is 10.2. The molecule has 1 heterocycles. The van der Waals surface area contributed by atoms with Crippen LogP contribution in [-0.2, 0) is 0 Å². The van der Waals surface area contributed by atoms with Gasteiger partial charge in [0.2, 0.25) is 0 Å². The fraction of sp³-hybridized carbons (Fsp3) is 0.714. The average molecular weight is 128 g/mol. The Morgan fingerprint density at radius 1 is 1.62 bits per heavy atom. The van der Waals surface area contributed by atoms with Crippen LogP contribution in [0.25, 0.3) is 0 Å². The van der Waals surface area contributed by atoms with Crippen molar-refractivity contribution in [2.45, 2.75) is 20.3 Å². The third kappa shape index (κ3) is 1.28. The number of hydrogen-bond acceptors (Lipinski definition) is 1. The lowest BCUT2D eigenvalue weighted by Gasteiger charge is -2.01. The lowest BCUT2D eigenvalue weighted by molar-refractivity contribution is 0.816. The van der Waals surface area contributed by atoms with E-state index in [9.17, 15) is 0 Å². The van der Waals surface area contributed by atoms with E-state index >= 15 is 0 Å². The first-order valence-corrected chi connectivity index (χ1v) is 4.12. The molecule has 0 spiro atoms. The zero-order valence-corrected chi connectivity index (χ0v) is 6.29. The van der Waals surface area contributed by atoms with Crippen LogP contribution in [0.1, 0.15) is 20.3 Å². The van der Waals surface area contributed by atoms with E-state index < -0.39 is 0 Å². The average Bonchev–Trinajstić information content (AvgIpc) is 2.12. The summed E-state index contributed by atoms with van der Waals surface area (Å²) in [6.45, 7) is 4.51. The van der Waals surface area contributed by atoms with Gasteiger partial charge in [0, 0.05) is 5.75 Å². The molecule has 1 aliphatic heterocycles. The van der Waals surface area contributed by atoms with Gasteiger partial charge in [-0.3, -0.25) is 0 Å². The zero-order valence-electron chi connectivity index (χ0n) is 5.48. The molecule has 0 aromatic heterocycles.